The average Bonchev–Trinajstić information content (AvgIpc) is 2.62. The summed E-state index contributed by atoms with van der Waals surface area (Å²) in [6, 6.07) is 16.0. The molecule has 5 heteroatoms. The number of hydrogen-bond donors (Lipinski definition) is 2. The molecule has 0 saturated carbocycles. The number of para-hydroxylation sites is 1. The molecule has 2 atom stereocenters. The van der Waals surface area contributed by atoms with E-state index in [1.54, 1.807) is 0 Å². The van der Waals surface area contributed by atoms with Gasteiger partial charge in [-0.2, -0.15) is 0 Å². The number of thioether (sulfide) groups is 1. The lowest BCUT2D eigenvalue weighted by atomic mass is 10.00. The van der Waals surface area contributed by atoms with Crippen LogP contribution in [-0.4, -0.2) is 17.1 Å². The summed E-state index contributed by atoms with van der Waals surface area (Å²) in [7, 11) is 0. The van der Waals surface area contributed by atoms with Crippen molar-refractivity contribution in [3.05, 3.63) is 59.7 Å². The van der Waals surface area contributed by atoms with E-state index >= 15 is 0 Å². The Morgan fingerprint density at radius 3 is 2.52 bits per heavy atom. The molecule has 0 spiro atoms. The van der Waals surface area contributed by atoms with Crippen molar-refractivity contribution in [2.75, 3.05) is 5.32 Å². The predicted octanol–water partition coefficient (Wildman–Crippen LogP) is 4.57. The normalized spacial score (nSPS) is 17.2. The van der Waals surface area contributed by atoms with Crippen molar-refractivity contribution < 1.29 is 9.59 Å². The van der Waals surface area contributed by atoms with Crippen LogP contribution in [0.5, 0.6) is 0 Å². The van der Waals surface area contributed by atoms with Crippen molar-refractivity contribution in [3.8, 4) is 0 Å². The number of amides is 2. The van der Waals surface area contributed by atoms with Gasteiger partial charge in [0, 0.05) is 11.3 Å². The van der Waals surface area contributed by atoms with Gasteiger partial charge in [-0.15, -0.1) is 11.8 Å². The van der Waals surface area contributed by atoms with Crippen LogP contribution in [0.1, 0.15) is 44.4 Å². The van der Waals surface area contributed by atoms with Crippen molar-refractivity contribution in [2.24, 2.45) is 5.92 Å². The lowest BCUT2D eigenvalue weighted by molar-refractivity contribution is -0.124. The molecule has 27 heavy (non-hydrogen) atoms. The van der Waals surface area contributed by atoms with E-state index in [4.69, 9.17) is 0 Å². The van der Waals surface area contributed by atoms with Crippen molar-refractivity contribution in [1.29, 1.82) is 0 Å². The summed E-state index contributed by atoms with van der Waals surface area (Å²) in [5.41, 5.74) is 3.20. The van der Waals surface area contributed by atoms with E-state index < -0.39 is 5.25 Å². The van der Waals surface area contributed by atoms with Crippen LogP contribution in [0, 0.1) is 5.92 Å². The van der Waals surface area contributed by atoms with E-state index in [0.717, 1.165) is 22.6 Å². The fraction of sp³-hybridized carbons (Fsp3) is 0.364. The molecule has 0 aliphatic carbocycles. The van der Waals surface area contributed by atoms with E-state index in [1.807, 2.05) is 31.2 Å². The van der Waals surface area contributed by atoms with Gasteiger partial charge in [-0.3, -0.25) is 9.59 Å². The molecule has 4 nitrogen and oxygen atoms in total. The molecular weight excluding hydrogens is 356 g/mol. The predicted molar refractivity (Wildman–Crippen MR) is 111 cm³/mol. The Bertz CT molecular complexity index is 817. The molecule has 0 aromatic heterocycles. The molecular formula is C22H26N2O2S. The highest BCUT2D eigenvalue weighted by Crippen LogP contribution is 2.36. The summed E-state index contributed by atoms with van der Waals surface area (Å²) in [6.07, 6.45) is 1.22. The lowest BCUT2D eigenvalue weighted by Crippen LogP contribution is -2.35. The van der Waals surface area contributed by atoms with Crippen molar-refractivity contribution in [1.82, 2.24) is 5.32 Å². The van der Waals surface area contributed by atoms with Crippen LogP contribution in [-0.2, 0) is 16.0 Å². The standard InChI is InChI=1S/C22H26N2O2S/c1-14(2)12-16-8-10-17(11-9-16)15(3)23-21(25)13-20-22(26)24-18-6-4-5-7-19(18)27-20/h4-11,14-15,20H,12-13H2,1-3H3,(H,23,25)(H,24,26)/t15-,20-/m0/s1. The zero-order valence-electron chi connectivity index (χ0n) is 16.0. The van der Waals surface area contributed by atoms with Gasteiger partial charge in [0.2, 0.25) is 11.8 Å². The summed E-state index contributed by atoms with van der Waals surface area (Å²) in [4.78, 5) is 25.7. The second-order valence-corrected chi connectivity index (χ2v) is 8.67. The molecule has 0 bridgehead atoms. The molecule has 0 fully saturated rings. The minimum atomic E-state index is -0.402. The summed E-state index contributed by atoms with van der Waals surface area (Å²) in [6.45, 7) is 6.38. The average molecular weight is 383 g/mol. The Kier molecular flexibility index (Phi) is 6.22. The third kappa shape index (κ3) is 5.13. The zero-order valence-corrected chi connectivity index (χ0v) is 16.8. The number of nitrogens with one attached hydrogen (secondary N) is 2. The molecule has 0 saturated heterocycles. The number of carbonyl (C=O) groups excluding carboxylic acids is 2. The van der Waals surface area contributed by atoms with Gasteiger partial charge in [-0.05, 0) is 42.5 Å². The Hall–Kier alpha value is -2.27. The first-order valence-corrected chi connectivity index (χ1v) is 10.2. The van der Waals surface area contributed by atoms with Gasteiger partial charge in [0.15, 0.2) is 0 Å². The molecule has 2 amide bonds. The van der Waals surface area contributed by atoms with Crippen LogP contribution >= 0.6 is 11.8 Å². The third-order valence-corrected chi connectivity index (χ3v) is 5.85. The van der Waals surface area contributed by atoms with Crippen molar-refractivity contribution >= 4 is 29.3 Å². The van der Waals surface area contributed by atoms with Gasteiger partial charge >= 0.3 is 0 Å². The number of anilines is 1. The largest absolute Gasteiger partial charge is 0.350 e. The SMILES string of the molecule is CC(C)Cc1ccc([C@H](C)NC(=O)C[C@@H]2Sc3ccccc3NC2=O)cc1. The summed E-state index contributed by atoms with van der Waals surface area (Å²) < 4.78 is 0. The number of carbonyl (C=O) groups is 2. The van der Waals surface area contributed by atoms with E-state index in [1.165, 1.54) is 17.3 Å². The maximum atomic E-state index is 12.5. The fourth-order valence-electron chi connectivity index (χ4n) is 3.19. The number of fused-ring (bicyclic) bond motifs is 1. The molecule has 2 aromatic carbocycles. The smallest absolute Gasteiger partial charge is 0.238 e. The second kappa shape index (κ2) is 8.61. The van der Waals surface area contributed by atoms with E-state index in [9.17, 15) is 9.59 Å². The van der Waals surface area contributed by atoms with Crippen LogP contribution in [0.15, 0.2) is 53.4 Å². The molecule has 142 valence electrons. The van der Waals surface area contributed by atoms with E-state index in [0.29, 0.717) is 5.92 Å². The van der Waals surface area contributed by atoms with Gasteiger partial charge in [-0.25, -0.2) is 0 Å². The summed E-state index contributed by atoms with van der Waals surface area (Å²) >= 11 is 1.45. The first-order valence-electron chi connectivity index (χ1n) is 9.37. The Morgan fingerprint density at radius 2 is 1.81 bits per heavy atom. The number of rotatable bonds is 6. The molecule has 0 unspecified atom stereocenters. The highest BCUT2D eigenvalue weighted by Gasteiger charge is 2.29. The molecule has 3 rings (SSSR count). The Balaban J connectivity index is 1.56. The first kappa shape index (κ1) is 19.5. The Morgan fingerprint density at radius 1 is 1.11 bits per heavy atom. The molecule has 1 aliphatic heterocycles. The van der Waals surface area contributed by atoms with Crippen LogP contribution in [0.25, 0.3) is 0 Å². The van der Waals surface area contributed by atoms with Crippen LogP contribution < -0.4 is 10.6 Å². The van der Waals surface area contributed by atoms with E-state index in [2.05, 4.69) is 48.7 Å². The monoisotopic (exact) mass is 382 g/mol. The van der Waals surface area contributed by atoms with E-state index in [-0.39, 0.29) is 24.3 Å². The highest BCUT2D eigenvalue weighted by molar-refractivity contribution is 8.01. The van der Waals surface area contributed by atoms with Crippen LogP contribution in [0.3, 0.4) is 0 Å². The molecule has 2 N–H and O–H groups in total. The fourth-order valence-corrected chi connectivity index (χ4v) is 4.30. The quantitative estimate of drug-likeness (QED) is 0.770. The first-order chi connectivity index (χ1) is 12.9. The molecule has 2 aromatic rings. The zero-order chi connectivity index (χ0) is 19.4. The second-order valence-electron chi connectivity index (χ2n) is 7.42. The minimum absolute atomic E-state index is 0.0884. The van der Waals surface area contributed by atoms with Gasteiger partial charge in [-0.1, -0.05) is 50.2 Å². The van der Waals surface area contributed by atoms with Gasteiger partial charge in [0.1, 0.15) is 0 Å². The van der Waals surface area contributed by atoms with Gasteiger partial charge < -0.3 is 10.6 Å². The summed E-state index contributed by atoms with van der Waals surface area (Å²) in [5.74, 6) is 0.401. The molecule has 0 radical (unpaired) electrons. The maximum absolute atomic E-state index is 12.5. The van der Waals surface area contributed by atoms with Crippen LogP contribution in [0.2, 0.25) is 0 Å². The number of hydrogen-bond acceptors (Lipinski definition) is 3. The van der Waals surface area contributed by atoms with Gasteiger partial charge in [0.25, 0.3) is 0 Å². The lowest BCUT2D eigenvalue weighted by Gasteiger charge is -2.24. The van der Waals surface area contributed by atoms with Crippen LogP contribution in [0.4, 0.5) is 5.69 Å². The molecule has 1 heterocycles. The maximum Gasteiger partial charge on any atom is 0.238 e. The Labute approximate surface area is 165 Å². The highest BCUT2D eigenvalue weighted by atomic mass is 32.2. The molecule has 1 aliphatic rings. The third-order valence-electron chi connectivity index (χ3n) is 4.58. The number of benzene rings is 2. The van der Waals surface area contributed by atoms with Gasteiger partial charge in [0.05, 0.1) is 17.0 Å². The summed E-state index contributed by atoms with van der Waals surface area (Å²) in [5, 5.41) is 5.50. The minimum Gasteiger partial charge on any atom is -0.350 e. The van der Waals surface area contributed by atoms with Crippen molar-refractivity contribution in [2.45, 2.75) is 49.8 Å². The topological polar surface area (TPSA) is 58.2 Å². The van der Waals surface area contributed by atoms with Crippen molar-refractivity contribution in [3.63, 3.8) is 0 Å².